The van der Waals surface area contributed by atoms with Crippen LogP contribution in [0.5, 0.6) is 0 Å². The first kappa shape index (κ1) is 20.6. The topological polar surface area (TPSA) is 0 Å². The van der Waals surface area contributed by atoms with E-state index in [1.54, 1.807) is 0 Å². The van der Waals surface area contributed by atoms with Gasteiger partial charge >= 0.3 is 0 Å². The minimum absolute atomic E-state index is 0.302. The van der Waals surface area contributed by atoms with Crippen molar-refractivity contribution in [1.82, 2.24) is 0 Å². The molecule has 2 aliphatic carbocycles. The molecule has 0 saturated carbocycles. The lowest BCUT2D eigenvalue weighted by Crippen LogP contribution is -2.25. The summed E-state index contributed by atoms with van der Waals surface area (Å²) in [4.78, 5) is 0. The molecule has 6 aromatic carbocycles. The Morgan fingerprint density at radius 3 is 1.61 bits per heavy atom. The van der Waals surface area contributed by atoms with E-state index in [2.05, 4.69) is 133 Å². The fourth-order valence-electron chi connectivity index (χ4n) is 7.24. The van der Waals surface area contributed by atoms with Crippen molar-refractivity contribution in [2.24, 2.45) is 0 Å². The molecule has 7 aromatic rings. The van der Waals surface area contributed by atoms with E-state index in [0.29, 0.717) is 0 Å². The smallest absolute Gasteiger partial charge is 0.0725 e. The Balaban J connectivity index is 1.39. The van der Waals surface area contributed by atoms with E-state index in [1.165, 1.54) is 75.8 Å². The predicted molar refractivity (Wildman–Crippen MR) is 161 cm³/mol. The minimum atomic E-state index is -0.302. The van der Waals surface area contributed by atoms with Crippen molar-refractivity contribution in [1.29, 1.82) is 0 Å². The van der Waals surface area contributed by atoms with Gasteiger partial charge in [0.05, 0.1) is 5.41 Å². The summed E-state index contributed by atoms with van der Waals surface area (Å²) in [5.41, 5.74) is 13.3. The SMILES string of the molecule is c1ccc2c(c1)-c1ccccc1C21c2ccccc2-c2ccc(-c3cccc4c3sc3ccccc34)cc21. The average Bonchev–Trinajstić information content (AvgIpc) is 3.61. The Morgan fingerprint density at radius 1 is 0.395 bits per heavy atom. The molecule has 0 nitrogen and oxygen atoms in total. The highest BCUT2D eigenvalue weighted by molar-refractivity contribution is 7.26. The van der Waals surface area contributed by atoms with Gasteiger partial charge in [-0.3, -0.25) is 0 Å². The quantitative estimate of drug-likeness (QED) is 0.211. The third kappa shape index (κ3) is 2.41. The summed E-state index contributed by atoms with van der Waals surface area (Å²) in [6, 6.07) is 49.8. The Morgan fingerprint density at radius 2 is 0.921 bits per heavy atom. The highest BCUT2D eigenvalue weighted by Crippen LogP contribution is 2.63. The molecule has 2 aliphatic rings. The first-order chi connectivity index (χ1) is 18.9. The molecule has 9 rings (SSSR count). The van der Waals surface area contributed by atoms with Gasteiger partial charge in [0.25, 0.3) is 0 Å². The fraction of sp³-hybridized carbons (Fsp3) is 0.0270. The zero-order valence-electron chi connectivity index (χ0n) is 20.6. The first-order valence-corrected chi connectivity index (χ1v) is 14.0. The van der Waals surface area contributed by atoms with Crippen LogP contribution in [0.2, 0.25) is 0 Å². The molecule has 1 spiro atoms. The van der Waals surface area contributed by atoms with E-state index in [0.717, 1.165) is 0 Å². The molecule has 0 N–H and O–H groups in total. The van der Waals surface area contributed by atoms with Gasteiger partial charge in [0.1, 0.15) is 0 Å². The van der Waals surface area contributed by atoms with Crippen LogP contribution in [0.15, 0.2) is 133 Å². The number of hydrogen-bond donors (Lipinski definition) is 0. The lowest BCUT2D eigenvalue weighted by atomic mass is 9.70. The second-order valence-corrected chi connectivity index (χ2v) is 11.5. The van der Waals surface area contributed by atoms with Crippen LogP contribution in [-0.2, 0) is 5.41 Å². The van der Waals surface area contributed by atoms with Gasteiger partial charge in [-0.2, -0.15) is 0 Å². The summed E-state index contributed by atoms with van der Waals surface area (Å²) < 4.78 is 2.71. The van der Waals surface area contributed by atoms with Crippen molar-refractivity contribution >= 4 is 31.5 Å². The highest BCUT2D eigenvalue weighted by atomic mass is 32.1. The van der Waals surface area contributed by atoms with E-state index in [1.807, 2.05) is 11.3 Å². The molecule has 176 valence electrons. The van der Waals surface area contributed by atoms with Gasteiger partial charge in [0.15, 0.2) is 0 Å². The van der Waals surface area contributed by atoms with Crippen molar-refractivity contribution in [3.63, 3.8) is 0 Å². The van der Waals surface area contributed by atoms with Crippen molar-refractivity contribution in [3.8, 4) is 33.4 Å². The Kier molecular flexibility index (Phi) is 3.96. The molecule has 1 aromatic heterocycles. The molecule has 0 saturated heterocycles. The molecule has 0 aliphatic heterocycles. The molecule has 0 radical (unpaired) electrons. The zero-order valence-corrected chi connectivity index (χ0v) is 21.4. The Bertz CT molecular complexity index is 2030. The Labute approximate surface area is 225 Å². The zero-order chi connectivity index (χ0) is 24.8. The van der Waals surface area contributed by atoms with E-state index in [4.69, 9.17) is 0 Å². The van der Waals surface area contributed by atoms with Crippen molar-refractivity contribution < 1.29 is 0 Å². The van der Waals surface area contributed by atoms with Gasteiger partial charge in [-0.25, -0.2) is 0 Å². The Hall–Kier alpha value is -4.46. The minimum Gasteiger partial charge on any atom is -0.135 e. The summed E-state index contributed by atoms with van der Waals surface area (Å²) in [7, 11) is 0. The monoisotopic (exact) mass is 498 g/mol. The average molecular weight is 499 g/mol. The first-order valence-electron chi connectivity index (χ1n) is 13.2. The molecule has 0 fully saturated rings. The maximum Gasteiger partial charge on any atom is 0.0725 e. The molecule has 0 atom stereocenters. The van der Waals surface area contributed by atoms with Crippen LogP contribution in [-0.4, -0.2) is 0 Å². The number of fused-ring (bicyclic) bond motifs is 13. The van der Waals surface area contributed by atoms with Crippen LogP contribution in [0.25, 0.3) is 53.6 Å². The normalized spacial score (nSPS) is 14.0. The van der Waals surface area contributed by atoms with Gasteiger partial charge < -0.3 is 0 Å². The van der Waals surface area contributed by atoms with Crippen LogP contribution in [0, 0.1) is 0 Å². The fourth-order valence-corrected chi connectivity index (χ4v) is 8.48. The van der Waals surface area contributed by atoms with Crippen LogP contribution >= 0.6 is 11.3 Å². The molecular weight excluding hydrogens is 476 g/mol. The summed E-state index contributed by atoms with van der Waals surface area (Å²) in [5.74, 6) is 0. The summed E-state index contributed by atoms with van der Waals surface area (Å²) in [6.45, 7) is 0. The van der Waals surface area contributed by atoms with Gasteiger partial charge in [-0.15, -0.1) is 11.3 Å². The van der Waals surface area contributed by atoms with Gasteiger partial charge in [0, 0.05) is 20.2 Å². The van der Waals surface area contributed by atoms with Crippen molar-refractivity contribution in [2.45, 2.75) is 5.41 Å². The maximum atomic E-state index is 2.49. The third-order valence-corrected chi connectivity index (χ3v) is 9.93. The number of hydrogen-bond acceptors (Lipinski definition) is 1. The highest BCUT2D eigenvalue weighted by Gasteiger charge is 2.51. The largest absolute Gasteiger partial charge is 0.135 e. The second kappa shape index (κ2) is 7.31. The number of rotatable bonds is 1. The molecule has 0 amide bonds. The van der Waals surface area contributed by atoms with E-state index in [9.17, 15) is 0 Å². The van der Waals surface area contributed by atoms with E-state index < -0.39 is 0 Å². The van der Waals surface area contributed by atoms with Crippen LogP contribution in [0.4, 0.5) is 0 Å². The third-order valence-electron chi connectivity index (χ3n) is 8.71. The second-order valence-electron chi connectivity index (χ2n) is 10.4. The molecular formula is C37H22S. The van der Waals surface area contributed by atoms with E-state index >= 15 is 0 Å². The maximum absolute atomic E-state index is 2.49. The van der Waals surface area contributed by atoms with Crippen LogP contribution < -0.4 is 0 Å². The summed E-state index contributed by atoms with van der Waals surface area (Å²) in [6.07, 6.45) is 0. The van der Waals surface area contributed by atoms with Gasteiger partial charge in [-0.05, 0) is 67.8 Å². The number of benzene rings is 6. The molecule has 0 unspecified atom stereocenters. The molecule has 38 heavy (non-hydrogen) atoms. The predicted octanol–water partition coefficient (Wildman–Crippen LogP) is 10.1. The lowest BCUT2D eigenvalue weighted by molar-refractivity contribution is 0.794. The standard InChI is InChI=1S/C37H22S/c1-5-16-31-25(10-1)26-11-2-6-17-32(26)37(31)33-18-7-3-12-27(33)28-21-20-23(22-34(28)37)24-14-9-15-30-29-13-4-8-19-35(29)38-36(24)30/h1-22H. The van der Waals surface area contributed by atoms with Crippen LogP contribution in [0.3, 0.4) is 0 Å². The summed E-state index contributed by atoms with van der Waals surface area (Å²) >= 11 is 1.90. The molecule has 1 heteroatoms. The van der Waals surface area contributed by atoms with Crippen LogP contribution in [0.1, 0.15) is 22.3 Å². The van der Waals surface area contributed by atoms with E-state index in [-0.39, 0.29) is 5.41 Å². The summed E-state index contributed by atoms with van der Waals surface area (Å²) in [5, 5.41) is 2.69. The van der Waals surface area contributed by atoms with Crippen molar-refractivity contribution in [3.05, 3.63) is 156 Å². The van der Waals surface area contributed by atoms with Gasteiger partial charge in [0.2, 0.25) is 0 Å². The number of thiophene rings is 1. The van der Waals surface area contributed by atoms with Gasteiger partial charge in [-0.1, -0.05) is 121 Å². The van der Waals surface area contributed by atoms with Crippen molar-refractivity contribution in [2.75, 3.05) is 0 Å². The molecule has 0 bridgehead atoms. The lowest BCUT2D eigenvalue weighted by Gasteiger charge is -2.30. The molecule has 1 heterocycles.